The summed E-state index contributed by atoms with van der Waals surface area (Å²) in [6.45, 7) is 0.336. The van der Waals surface area contributed by atoms with Gasteiger partial charge in [-0.05, 0) is 60.5 Å². The topological polar surface area (TPSA) is 140 Å². The van der Waals surface area contributed by atoms with Gasteiger partial charge in [0.25, 0.3) is 0 Å². The molecule has 0 radical (unpaired) electrons. The molecule has 0 spiro atoms. The number of hydrogen-bond donors (Lipinski definition) is 6. The molecule has 216 valence electrons. The molecule has 0 heterocycles. The SMILES string of the molecule is O=C(Nc1ccc(F)cc1)Nc1ccc(C[C@@H](CO)NC[C@H](O)COc2ccccc2)cc1.O=C(O)C(F)(F)F. The van der Waals surface area contributed by atoms with E-state index in [2.05, 4.69) is 16.0 Å². The van der Waals surface area contributed by atoms with Gasteiger partial charge >= 0.3 is 18.2 Å². The minimum atomic E-state index is -5.08. The van der Waals surface area contributed by atoms with Gasteiger partial charge in [-0.1, -0.05) is 30.3 Å². The molecule has 40 heavy (non-hydrogen) atoms. The third-order valence-corrected chi connectivity index (χ3v) is 5.09. The fourth-order valence-corrected chi connectivity index (χ4v) is 3.11. The maximum atomic E-state index is 12.9. The Bertz CT molecular complexity index is 1180. The van der Waals surface area contributed by atoms with Crippen LogP contribution >= 0.6 is 0 Å². The molecule has 3 aromatic carbocycles. The van der Waals surface area contributed by atoms with Crippen molar-refractivity contribution in [2.45, 2.75) is 24.7 Å². The highest BCUT2D eigenvalue weighted by atomic mass is 19.4. The number of hydrogen-bond acceptors (Lipinski definition) is 6. The van der Waals surface area contributed by atoms with Gasteiger partial charge in [0.2, 0.25) is 0 Å². The van der Waals surface area contributed by atoms with E-state index in [0.29, 0.717) is 23.5 Å². The quantitative estimate of drug-likeness (QED) is 0.192. The maximum Gasteiger partial charge on any atom is 0.490 e. The first-order valence-corrected chi connectivity index (χ1v) is 11.9. The second-order valence-electron chi connectivity index (χ2n) is 8.36. The zero-order valence-corrected chi connectivity index (χ0v) is 21.1. The molecule has 3 rings (SSSR count). The summed E-state index contributed by atoms with van der Waals surface area (Å²) in [5, 5.41) is 35.4. The van der Waals surface area contributed by atoms with Gasteiger partial charge in [-0.3, -0.25) is 0 Å². The molecular formula is C27H29F4N3O6. The largest absolute Gasteiger partial charge is 0.491 e. The van der Waals surface area contributed by atoms with E-state index in [9.17, 15) is 32.6 Å². The van der Waals surface area contributed by atoms with Gasteiger partial charge < -0.3 is 36.0 Å². The Balaban J connectivity index is 0.000000708. The van der Waals surface area contributed by atoms with E-state index >= 15 is 0 Å². The predicted molar refractivity (Wildman–Crippen MR) is 140 cm³/mol. The van der Waals surface area contributed by atoms with E-state index in [1.807, 2.05) is 42.5 Å². The lowest BCUT2D eigenvalue weighted by Crippen LogP contribution is -2.41. The number of para-hydroxylation sites is 1. The molecule has 0 saturated heterocycles. The molecule has 0 bridgehead atoms. The van der Waals surface area contributed by atoms with E-state index in [1.165, 1.54) is 24.3 Å². The third-order valence-electron chi connectivity index (χ3n) is 5.09. The van der Waals surface area contributed by atoms with Crippen molar-refractivity contribution in [2.75, 3.05) is 30.4 Å². The Hall–Kier alpha value is -4.20. The van der Waals surface area contributed by atoms with Gasteiger partial charge in [-0.2, -0.15) is 13.2 Å². The minimum absolute atomic E-state index is 0.0909. The van der Waals surface area contributed by atoms with Crippen LogP contribution in [0.15, 0.2) is 78.9 Å². The average molecular weight is 568 g/mol. The molecule has 2 atom stereocenters. The summed E-state index contributed by atoms with van der Waals surface area (Å²) in [6.07, 6.45) is -5.25. The zero-order valence-electron chi connectivity index (χ0n) is 21.1. The van der Waals surface area contributed by atoms with Crippen LogP contribution in [-0.2, 0) is 11.2 Å². The van der Waals surface area contributed by atoms with Crippen LogP contribution in [0.5, 0.6) is 5.75 Å². The monoisotopic (exact) mass is 567 g/mol. The van der Waals surface area contributed by atoms with Crippen LogP contribution in [-0.4, -0.2) is 65.4 Å². The summed E-state index contributed by atoms with van der Waals surface area (Å²) in [5.41, 5.74) is 2.04. The van der Waals surface area contributed by atoms with Crippen molar-refractivity contribution in [3.8, 4) is 5.75 Å². The summed E-state index contributed by atoms with van der Waals surface area (Å²) in [4.78, 5) is 21.0. The molecule has 0 aromatic heterocycles. The summed E-state index contributed by atoms with van der Waals surface area (Å²) in [7, 11) is 0. The Morgan fingerprint density at radius 3 is 1.90 bits per heavy atom. The Morgan fingerprint density at radius 2 is 1.40 bits per heavy atom. The van der Waals surface area contributed by atoms with Crippen molar-refractivity contribution >= 4 is 23.4 Å². The maximum absolute atomic E-state index is 12.9. The number of ether oxygens (including phenoxy) is 1. The number of urea groups is 1. The van der Waals surface area contributed by atoms with Crippen molar-refractivity contribution in [1.29, 1.82) is 0 Å². The van der Waals surface area contributed by atoms with Crippen LogP contribution in [0.3, 0.4) is 0 Å². The number of alkyl halides is 3. The highest BCUT2D eigenvalue weighted by molar-refractivity contribution is 5.99. The first kappa shape index (κ1) is 32.0. The summed E-state index contributed by atoms with van der Waals surface area (Å²) < 4.78 is 50.2. The van der Waals surface area contributed by atoms with E-state index in [1.54, 1.807) is 12.1 Å². The number of carboxylic acids is 1. The van der Waals surface area contributed by atoms with Crippen molar-refractivity contribution in [3.63, 3.8) is 0 Å². The van der Waals surface area contributed by atoms with Crippen LogP contribution in [0.25, 0.3) is 0 Å². The number of carboxylic acid groups (broad SMARTS) is 1. The molecule has 2 amide bonds. The standard InChI is InChI=1S/C25H28FN3O4.C2HF3O2/c26-19-8-12-21(13-9-19)29-25(32)28-20-10-6-18(7-11-20)14-22(16-30)27-15-23(31)17-33-24-4-2-1-3-5-24;3-2(4,5)1(6)7/h1-13,22-23,27,30-31H,14-17H2,(H2,28,29,32);(H,6,7)/t22-,23-;/m0./s1. The fourth-order valence-electron chi connectivity index (χ4n) is 3.11. The number of aliphatic hydroxyl groups excluding tert-OH is 2. The molecular weight excluding hydrogens is 538 g/mol. The Kier molecular flexibility index (Phi) is 12.8. The van der Waals surface area contributed by atoms with Crippen LogP contribution < -0.4 is 20.7 Å². The molecule has 0 unspecified atom stereocenters. The third kappa shape index (κ3) is 12.6. The molecule has 0 aliphatic rings. The number of carbonyl (C=O) groups excluding carboxylic acids is 1. The highest BCUT2D eigenvalue weighted by Gasteiger charge is 2.38. The number of rotatable bonds is 11. The molecule has 6 N–H and O–H groups in total. The van der Waals surface area contributed by atoms with Crippen LogP contribution in [0.2, 0.25) is 0 Å². The van der Waals surface area contributed by atoms with E-state index < -0.39 is 24.3 Å². The number of halogens is 4. The van der Waals surface area contributed by atoms with Crippen LogP contribution in [0.4, 0.5) is 33.7 Å². The van der Waals surface area contributed by atoms with Gasteiger partial charge in [0.05, 0.1) is 6.61 Å². The van der Waals surface area contributed by atoms with Crippen molar-refractivity contribution < 1.29 is 47.2 Å². The second-order valence-corrected chi connectivity index (χ2v) is 8.36. The lowest BCUT2D eigenvalue weighted by molar-refractivity contribution is -0.192. The van der Waals surface area contributed by atoms with Crippen molar-refractivity contribution in [3.05, 3.63) is 90.2 Å². The Labute approximate surface area is 227 Å². The number of carbonyl (C=O) groups is 2. The van der Waals surface area contributed by atoms with Crippen molar-refractivity contribution in [2.24, 2.45) is 0 Å². The van der Waals surface area contributed by atoms with E-state index in [-0.39, 0.29) is 31.6 Å². The van der Waals surface area contributed by atoms with Gasteiger partial charge in [0.15, 0.2) is 0 Å². The number of nitrogens with one attached hydrogen (secondary N) is 3. The number of aliphatic carboxylic acids is 1. The van der Waals surface area contributed by atoms with Crippen LogP contribution in [0, 0.1) is 5.82 Å². The highest BCUT2D eigenvalue weighted by Crippen LogP contribution is 2.14. The Morgan fingerprint density at radius 1 is 0.875 bits per heavy atom. The first-order chi connectivity index (χ1) is 19.0. The number of amides is 2. The normalized spacial score (nSPS) is 12.3. The molecule has 0 aliphatic carbocycles. The molecule has 0 fully saturated rings. The number of anilines is 2. The summed E-state index contributed by atoms with van der Waals surface area (Å²) in [6, 6.07) is 21.3. The predicted octanol–water partition coefficient (Wildman–Crippen LogP) is 4.04. The second kappa shape index (κ2) is 16.0. The average Bonchev–Trinajstić information content (AvgIpc) is 2.92. The van der Waals surface area contributed by atoms with Crippen molar-refractivity contribution in [1.82, 2.24) is 5.32 Å². The molecule has 0 saturated carbocycles. The minimum Gasteiger partial charge on any atom is -0.491 e. The van der Waals surface area contributed by atoms with Gasteiger partial charge in [-0.25, -0.2) is 14.0 Å². The molecule has 3 aromatic rings. The van der Waals surface area contributed by atoms with E-state index in [0.717, 1.165) is 5.56 Å². The van der Waals surface area contributed by atoms with Gasteiger partial charge in [-0.15, -0.1) is 0 Å². The molecule has 0 aliphatic heterocycles. The molecule has 9 nitrogen and oxygen atoms in total. The summed E-state index contributed by atoms with van der Waals surface area (Å²) >= 11 is 0. The first-order valence-electron chi connectivity index (χ1n) is 11.9. The smallest absolute Gasteiger partial charge is 0.490 e. The number of benzene rings is 3. The lowest BCUT2D eigenvalue weighted by atomic mass is 10.1. The number of aliphatic hydroxyl groups is 2. The fraction of sp³-hybridized carbons (Fsp3) is 0.259. The lowest BCUT2D eigenvalue weighted by Gasteiger charge is -2.19. The molecule has 13 heteroatoms. The zero-order chi connectivity index (χ0) is 29.5. The summed E-state index contributed by atoms with van der Waals surface area (Å²) in [5.74, 6) is -2.44. The van der Waals surface area contributed by atoms with E-state index in [4.69, 9.17) is 14.6 Å². The van der Waals surface area contributed by atoms with Gasteiger partial charge in [0.1, 0.15) is 24.3 Å². The van der Waals surface area contributed by atoms with Crippen LogP contribution in [0.1, 0.15) is 5.56 Å². The van der Waals surface area contributed by atoms with Gasteiger partial charge in [0, 0.05) is 24.0 Å².